The first-order valence-corrected chi connectivity index (χ1v) is 7.34. The second kappa shape index (κ2) is 6.34. The molecule has 5 nitrogen and oxygen atoms in total. The fourth-order valence-electron chi connectivity index (χ4n) is 2.67. The molecule has 1 aromatic heterocycles. The number of hydrogen-bond donors (Lipinski definition) is 1. The highest BCUT2D eigenvalue weighted by molar-refractivity contribution is 5.91. The van der Waals surface area contributed by atoms with Crippen LogP contribution in [0.4, 0.5) is 10.4 Å². The fraction of sp³-hybridized carbons (Fsp3) is 0.294. The molecule has 1 aromatic carbocycles. The molecule has 0 bridgehead atoms. The van der Waals surface area contributed by atoms with Crippen LogP contribution in [0, 0.1) is 11.7 Å². The maximum absolute atomic E-state index is 13.7. The topological polar surface area (TPSA) is 64.4 Å². The van der Waals surface area contributed by atoms with Crippen LogP contribution in [0.1, 0.15) is 13.3 Å². The molecule has 2 aromatic rings. The van der Waals surface area contributed by atoms with Crippen molar-refractivity contribution in [3.05, 3.63) is 48.5 Å². The number of halogens is 1. The van der Waals surface area contributed by atoms with Gasteiger partial charge in [0, 0.05) is 12.2 Å². The number of amides is 1. The Morgan fingerprint density at radius 1 is 1.43 bits per heavy atom. The Hall–Kier alpha value is -2.47. The van der Waals surface area contributed by atoms with Gasteiger partial charge in [0.1, 0.15) is 17.8 Å². The average Bonchev–Trinajstić information content (AvgIpc) is 3.16. The van der Waals surface area contributed by atoms with E-state index in [-0.39, 0.29) is 23.9 Å². The maximum atomic E-state index is 13.7. The van der Waals surface area contributed by atoms with E-state index in [1.807, 2.05) is 6.92 Å². The van der Waals surface area contributed by atoms with Gasteiger partial charge < -0.3 is 9.15 Å². The molecule has 0 saturated carbocycles. The molecule has 1 aliphatic rings. The molecule has 1 aliphatic heterocycles. The SMILES string of the molecule is C=C(C)[C@@H]1OCC[C@@H]1C(=O)Nc1nc(-c2ccccc2F)co1. The van der Waals surface area contributed by atoms with Crippen LogP contribution >= 0.6 is 0 Å². The van der Waals surface area contributed by atoms with E-state index in [4.69, 9.17) is 9.15 Å². The average molecular weight is 316 g/mol. The van der Waals surface area contributed by atoms with Gasteiger partial charge in [-0.05, 0) is 25.5 Å². The summed E-state index contributed by atoms with van der Waals surface area (Å²) in [5.74, 6) is -0.959. The van der Waals surface area contributed by atoms with Crippen LogP contribution in [0.3, 0.4) is 0 Å². The molecule has 23 heavy (non-hydrogen) atoms. The molecular formula is C17H17FN2O3. The third-order valence-electron chi connectivity index (χ3n) is 3.80. The normalized spacial score (nSPS) is 20.4. The summed E-state index contributed by atoms with van der Waals surface area (Å²) in [5.41, 5.74) is 1.46. The third kappa shape index (κ3) is 3.17. The van der Waals surface area contributed by atoms with Crippen LogP contribution in [-0.2, 0) is 9.53 Å². The van der Waals surface area contributed by atoms with Crippen molar-refractivity contribution in [2.24, 2.45) is 5.92 Å². The Morgan fingerprint density at radius 3 is 2.96 bits per heavy atom. The van der Waals surface area contributed by atoms with Crippen LogP contribution in [-0.4, -0.2) is 23.6 Å². The first-order valence-electron chi connectivity index (χ1n) is 7.34. The lowest BCUT2D eigenvalue weighted by molar-refractivity contribution is -0.121. The van der Waals surface area contributed by atoms with Crippen molar-refractivity contribution >= 4 is 11.9 Å². The van der Waals surface area contributed by atoms with Crippen LogP contribution in [0.5, 0.6) is 0 Å². The van der Waals surface area contributed by atoms with Crippen molar-refractivity contribution in [2.45, 2.75) is 19.4 Å². The Labute approximate surface area is 133 Å². The number of rotatable bonds is 4. The first-order chi connectivity index (χ1) is 11.1. The number of benzene rings is 1. The van der Waals surface area contributed by atoms with Gasteiger partial charge in [0.2, 0.25) is 5.91 Å². The van der Waals surface area contributed by atoms with Crippen molar-refractivity contribution in [1.82, 2.24) is 4.98 Å². The van der Waals surface area contributed by atoms with Crippen LogP contribution in [0.2, 0.25) is 0 Å². The molecule has 0 radical (unpaired) electrons. The summed E-state index contributed by atoms with van der Waals surface area (Å²) in [5, 5.41) is 2.62. The minimum Gasteiger partial charge on any atom is -0.431 e. The molecular weight excluding hydrogens is 299 g/mol. The number of nitrogens with one attached hydrogen (secondary N) is 1. The number of carbonyl (C=O) groups excluding carboxylic acids is 1. The monoisotopic (exact) mass is 316 g/mol. The highest BCUT2D eigenvalue weighted by atomic mass is 19.1. The summed E-state index contributed by atoms with van der Waals surface area (Å²) in [6, 6.07) is 6.29. The van der Waals surface area contributed by atoms with E-state index < -0.39 is 5.82 Å². The standard InChI is InChI=1S/C17H17FN2O3/c1-10(2)15-12(7-8-22-15)16(21)20-17-19-14(9-23-17)11-5-3-4-6-13(11)18/h3-6,9,12,15H,1,7-8H2,2H3,(H,19,20,21)/t12-,15-/m0/s1. The van der Waals surface area contributed by atoms with E-state index in [1.165, 1.54) is 12.3 Å². The molecule has 6 heteroatoms. The van der Waals surface area contributed by atoms with E-state index >= 15 is 0 Å². The van der Waals surface area contributed by atoms with Crippen molar-refractivity contribution in [3.8, 4) is 11.3 Å². The number of hydrogen-bond acceptors (Lipinski definition) is 4. The molecule has 0 unspecified atom stereocenters. The molecule has 2 heterocycles. The minimum absolute atomic E-state index is 0.0422. The molecule has 1 amide bonds. The van der Waals surface area contributed by atoms with Crippen molar-refractivity contribution < 1.29 is 18.3 Å². The van der Waals surface area contributed by atoms with Crippen LogP contribution in [0.25, 0.3) is 11.3 Å². The Kier molecular flexibility index (Phi) is 4.25. The highest BCUT2D eigenvalue weighted by Crippen LogP contribution is 2.28. The molecule has 0 spiro atoms. The third-order valence-corrected chi connectivity index (χ3v) is 3.80. The molecule has 120 valence electrons. The number of aromatic nitrogens is 1. The maximum Gasteiger partial charge on any atom is 0.301 e. The van der Waals surface area contributed by atoms with Gasteiger partial charge in [-0.25, -0.2) is 4.39 Å². The number of nitrogens with zero attached hydrogens (tertiary/aromatic N) is 1. The molecule has 1 fully saturated rings. The van der Waals surface area contributed by atoms with Crippen LogP contribution < -0.4 is 5.32 Å². The van der Waals surface area contributed by atoms with Crippen LogP contribution in [0.15, 0.2) is 47.1 Å². The predicted octanol–water partition coefficient (Wildman–Crippen LogP) is 3.40. The zero-order chi connectivity index (χ0) is 16.4. The van der Waals surface area contributed by atoms with Gasteiger partial charge in [-0.3, -0.25) is 10.1 Å². The summed E-state index contributed by atoms with van der Waals surface area (Å²) in [6.45, 7) is 6.19. The Bertz CT molecular complexity index is 741. The summed E-state index contributed by atoms with van der Waals surface area (Å²) >= 11 is 0. The van der Waals surface area contributed by atoms with Gasteiger partial charge in [-0.2, -0.15) is 4.98 Å². The van der Waals surface area contributed by atoms with Crippen molar-refractivity contribution in [1.29, 1.82) is 0 Å². The quantitative estimate of drug-likeness (QED) is 0.878. The minimum atomic E-state index is -0.398. The van der Waals surface area contributed by atoms with E-state index in [0.717, 1.165) is 5.57 Å². The Morgan fingerprint density at radius 2 is 2.22 bits per heavy atom. The smallest absolute Gasteiger partial charge is 0.301 e. The summed E-state index contributed by atoms with van der Waals surface area (Å²) in [6.07, 6.45) is 1.63. The molecule has 0 aliphatic carbocycles. The van der Waals surface area contributed by atoms with E-state index in [1.54, 1.807) is 18.2 Å². The number of carbonyl (C=O) groups is 1. The van der Waals surface area contributed by atoms with Crippen molar-refractivity contribution in [2.75, 3.05) is 11.9 Å². The van der Waals surface area contributed by atoms with Gasteiger partial charge in [-0.1, -0.05) is 24.3 Å². The lowest BCUT2D eigenvalue weighted by atomic mass is 9.96. The zero-order valence-corrected chi connectivity index (χ0v) is 12.7. The second-order valence-corrected chi connectivity index (χ2v) is 5.54. The lowest BCUT2D eigenvalue weighted by Crippen LogP contribution is -2.30. The van der Waals surface area contributed by atoms with Gasteiger partial charge in [0.15, 0.2) is 0 Å². The van der Waals surface area contributed by atoms with Crippen molar-refractivity contribution in [3.63, 3.8) is 0 Å². The van der Waals surface area contributed by atoms with E-state index in [9.17, 15) is 9.18 Å². The Balaban J connectivity index is 1.73. The summed E-state index contributed by atoms with van der Waals surface area (Å²) in [7, 11) is 0. The number of oxazole rings is 1. The molecule has 1 N–H and O–H groups in total. The zero-order valence-electron chi connectivity index (χ0n) is 12.7. The van der Waals surface area contributed by atoms with E-state index in [2.05, 4.69) is 16.9 Å². The number of ether oxygens (including phenoxy) is 1. The second-order valence-electron chi connectivity index (χ2n) is 5.54. The molecule has 3 rings (SSSR count). The summed E-state index contributed by atoms with van der Waals surface area (Å²) < 4.78 is 24.5. The van der Waals surface area contributed by atoms with E-state index in [0.29, 0.717) is 24.3 Å². The van der Waals surface area contributed by atoms with Gasteiger partial charge >= 0.3 is 6.01 Å². The predicted molar refractivity (Wildman–Crippen MR) is 83.2 cm³/mol. The first kappa shape index (κ1) is 15.4. The molecule has 2 atom stereocenters. The van der Waals surface area contributed by atoms with Gasteiger partial charge in [0.05, 0.1) is 12.0 Å². The fourth-order valence-corrected chi connectivity index (χ4v) is 2.67. The van der Waals surface area contributed by atoms with Gasteiger partial charge in [-0.15, -0.1) is 0 Å². The molecule has 1 saturated heterocycles. The summed E-state index contributed by atoms with van der Waals surface area (Å²) in [4.78, 5) is 16.5. The highest BCUT2D eigenvalue weighted by Gasteiger charge is 2.35. The van der Waals surface area contributed by atoms with Gasteiger partial charge in [0.25, 0.3) is 0 Å². The largest absolute Gasteiger partial charge is 0.431 e. The lowest BCUT2D eigenvalue weighted by Gasteiger charge is -2.16. The number of anilines is 1.